The van der Waals surface area contributed by atoms with Gasteiger partial charge in [-0.05, 0) is 42.5 Å². The molecule has 3 aromatic rings. The molecule has 0 aliphatic heterocycles. The number of halogens is 3. The van der Waals surface area contributed by atoms with Gasteiger partial charge in [-0.25, -0.2) is 4.79 Å². The number of esters is 1. The molecule has 3 rings (SSSR count). The van der Waals surface area contributed by atoms with Gasteiger partial charge in [0.25, 0.3) is 0 Å². The summed E-state index contributed by atoms with van der Waals surface area (Å²) in [4.78, 5) is 12.1. The van der Waals surface area contributed by atoms with E-state index in [1.807, 2.05) is 18.2 Å². The van der Waals surface area contributed by atoms with E-state index in [0.717, 1.165) is 15.8 Å². The maximum atomic E-state index is 11.8. The van der Waals surface area contributed by atoms with Gasteiger partial charge in [0.15, 0.2) is 5.11 Å². The Morgan fingerprint density at radius 2 is 1.88 bits per heavy atom. The average molecular weight is 446 g/mol. The fourth-order valence-corrected chi connectivity index (χ4v) is 4.29. The highest BCUT2D eigenvalue weighted by molar-refractivity contribution is 7.80. The zero-order valence-electron chi connectivity index (χ0n) is 13.2. The summed E-state index contributed by atoms with van der Waals surface area (Å²) in [5, 5.41) is 8.40. The third-order valence-corrected chi connectivity index (χ3v) is 6.12. The molecule has 0 radical (unpaired) electrons. The lowest BCUT2D eigenvalue weighted by molar-refractivity contribution is 0.0606. The number of rotatable bonds is 3. The summed E-state index contributed by atoms with van der Waals surface area (Å²) in [6.07, 6.45) is 0. The van der Waals surface area contributed by atoms with E-state index >= 15 is 0 Å². The fraction of sp³-hybridized carbons (Fsp3) is 0.0588. The molecular weight excluding hydrogens is 435 g/mol. The molecule has 0 fully saturated rings. The summed E-state index contributed by atoms with van der Waals surface area (Å²) in [6.45, 7) is 0. The van der Waals surface area contributed by atoms with Crippen molar-refractivity contribution in [1.29, 1.82) is 0 Å². The van der Waals surface area contributed by atoms with E-state index in [2.05, 4.69) is 10.6 Å². The summed E-state index contributed by atoms with van der Waals surface area (Å²) < 4.78 is 5.58. The molecule has 134 valence electrons. The lowest BCUT2D eigenvalue weighted by atomic mass is 10.2. The third kappa shape index (κ3) is 3.89. The molecule has 0 aliphatic rings. The van der Waals surface area contributed by atoms with Crippen molar-refractivity contribution in [3.63, 3.8) is 0 Å². The minimum atomic E-state index is -0.460. The summed E-state index contributed by atoms with van der Waals surface area (Å²) >= 11 is 25.0. The monoisotopic (exact) mass is 444 g/mol. The molecule has 0 spiro atoms. The van der Waals surface area contributed by atoms with Crippen molar-refractivity contribution in [3.05, 3.63) is 56.3 Å². The molecule has 0 aliphatic carbocycles. The third-order valence-electron chi connectivity index (χ3n) is 3.46. The van der Waals surface area contributed by atoms with Crippen LogP contribution in [0.3, 0.4) is 0 Å². The minimum Gasteiger partial charge on any atom is -0.465 e. The van der Waals surface area contributed by atoms with E-state index in [4.69, 9.17) is 51.8 Å². The molecule has 1 heterocycles. The normalized spacial score (nSPS) is 10.6. The molecular formula is C17H11Cl3N2O2S2. The number of benzene rings is 2. The Balaban J connectivity index is 1.81. The SMILES string of the molecule is COC(=O)c1sc2cc(NC(=S)Nc3cccc(Cl)c3Cl)ccc2c1Cl. The second-order valence-electron chi connectivity index (χ2n) is 5.13. The number of ether oxygens (including phenoxy) is 1. The number of nitrogens with one attached hydrogen (secondary N) is 2. The molecule has 26 heavy (non-hydrogen) atoms. The smallest absolute Gasteiger partial charge is 0.349 e. The Kier molecular flexibility index (Phi) is 5.89. The first-order valence-corrected chi connectivity index (χ1v) is 9.59. The number of methoxy groups -OCH3 is 1. The first kappa shape index (κ1) is 19.2. The number of hydrogen-bond acceptors (Lipinski definition) is 4. The van der Waals surface area contributed by atoms with Gasteiger partial charge in [-0.3, -0.25) is 0 Å². The van der Waals surface area contributed by atoms with Crippen LogP contribution < -0.4 is 10.6 Å². The Labute approximate surface area is 174 Å². The molecule has 1 aromatic heterocycles. The summed E-state index contributed by atoms with van der Waals surface area (Å²) in [5.41, 5.74) is 1.34. The van der Waals surface area contributed by atoms with Gasteiger partial charge in [-0.2, -0.15) is 0 Å². The van der Waals surface area contributed by atoms with Crippen molar-refractivity contribution < 1.29 is 9.53 Å². The van der Waals surface area contributed by atoms with Crippen LogP contribution in [0.5, 0.6) is 0 Å². The van der Waals surface area contributed by atoms with E-state index in [0.29, 0.717) is 30.7 Å². The van der Waals surface area contributed by atoms with Gasteiger partial charge in [-0.15, -0.1) is 11.3 Å². The number of thiophene rings is 1. The number of anilines is 2. The van der Waals surface area contributed by atoms with E-state index in [-0.39, 0.29) is 0 Å². The maximum absolute atomic E-state index is 11.8. The molecule has 4 nitrogen and oxygen atoms in total. The number of thiocarbonyl (C=S) groups is 1. The zero-order chi connectivity index (χ0) is 18.8. The highest BCUT2D eigenvalue weighted by atomic mass is 35.5. The maximum Gasteiger partial charge on any atom is 0.349 e. The lowest BCUT2D eigenvalue weighted by Crippen LogP contribution is -2.19. The first-order chi connectivity index (χ1) is 12.4. The van der Waals surface area contributed by atoms with Gasteiger partial charge in [0.2, 0.25) is 0 Å². The van der Waals surface area contributed by atoms with E-state index in [1.54, 1.807) is 18.2 Å². The molecule has 9 heteroatoms. The lowest BCUT2D eigenvalue weighted by Gasteiger charge is -2.12. The van der Waals surface area contributed by atoms with Crippen LogP contribution in [0.25, 0.3) is 10.1 Å². The van der Waals surface area contributed by atoms with Gasteiger partial charge in [0.05, 0.1) is 27.9 Å². The molecule has 0 saturated carbocycles. The number of fused-ring (bicyclic) bond motifs is 1. The predicted molar refractivity (Wildman–Crippen MR) is 114 cm³/mol. The quantitative estimate of drug-likeness (QED) is 0.358. The summed E-state index contributed by atoms with van der Waals surface area (Å²) in [6, 6.07) is 10.7. The van der Waals surface area contributed by atoms with Crippen LogP contribution in [-0.2, 0) is 4.74 Å². The van der Waals surface area contributed by atoms with Gasteiger partial charge in [-0.1, -0.05) is 40.9 Å². The Morgan fingerprint density at radius 1 is 1.12 bits per heavy atom. The largest absolute Gasteiger partial charge is 0.465 e. The number of hydrogen-bond donors (Lipinski definition) is 2. The number of carbonyl (C=O) groups excluding carboxylic acids is 1. The van der Waals surface area contributed by atoms with Gasteiger partial charge in [0.1, 0.15) is 4.88 Å². The molecule has 0 bridgehead atoms. The van der Waals surface area contributed by atoms with Crippen LogP contribution in [0.2, 0.25) is 15.1 Å². The Hall–Kier alpha value is -1.57. The molecule has 0 unspecified atom stereocenters. The standard InChI is InChI=1S/C17H11Cl3N2O2S2/c1-24-16(23)15-13(19)9-6-5-8(7-12(9)26-15)21-17(25)22-11-4-2-3-10(18)14(11)20/h2-7H,1H3,(H2,21,22,25). The van der Waals surface area contributed by atoms with Crippen molar-refractivity contribution in [3.8, 4) is 0 Å². The topological polar surface area (TPSA) is 50.4 Å². The Bertz CT molecular complexity index is 1020. The van der Waals surface area contributed by atoms with Crippen molar-refractivity contribution in [2.45, 2.75) is 0 Å². The fourth-order valence-electron chi connectivity index (χ4n) is 2.25. The van der Waals surface area contributed by atoms with E-state index in [9.17, 15) is 4.79 Å². The average Bonchev–Trinajstić information content (AvgIpc) is 2.94. The van der Waals surface area contributed by atoms with Crippen LogP contribution in [0, 0.1) is 0 Å². The van der Waals surface area contributed by atoms with Gasteiger partial charge in [0, 0.05) is 15.8 Å². The number of carbonyl (C=O) groups is 1. The highest BCUT2D eigenvalue weighted by Crippen LogP contribution is 2.37. The van der Waals surface area contributed by atoms with Crippen molar-refractivity contribution >= 4 is 90.9 Å². The molecule has 0 amide bonds. The molecule has 2 N–H and O–H groups in total. The van der Waals surface area contributed by atoms with Crippen LogP contribution in [0.4, 0.5) is 11.4 Å². The Morgan fingerprint density at radius 3 is 2.62 bits per heavy atom. The molecule has 2 aromatic carbocycles. The van der Waals surface area contributed by atoms with Crippen LogP contribution in [0.1, 0.15) is 9.67 Å². The predicted octanol–water partition coefficient (Wildman–Crippen LogP) is 6.46. The van der Waals surface area contributed by atoms with Crippen molar-refractivity contribution in [1.82, 2.24) is 0 Å². The van der Waals surface area contributed by atoms with E-state index < -0.39 is 5.97 Å². The van der Waals surface area contributed by atoms with Crippen LogP contribution >= 0.6 is 58.4 Å². The summed E-state index contributed by atoms with van der Waals surface area (Å²) in [7, 11) is 1.32. The van der Waals surface area contributed by atoms with Crippen molar-refractivity contribution in [2.24, 2.45) is 0 Å². The second-order valence-corrected chi connectivity index (χ2v) is 7.75. The minimum absolute atomic E-state index is 0.351. The molecule has 0 atom stereocenters. The van der Waals surface area contributed by atoms with Crippen molar-refractivity contribution in [2.75, 3.05) is 17.7 Å². The second kappa shape index (κ2) is 7.98. The van der Waals surface area contributed by atoms with Crippen LogP contribution in [0.15, 0.2) is 36.4 Å². The highest BCUT2D eigenvalue weighted by Gasteiger charge is 2.18. The first-order valence-electron chi connectivity index (χ1n) is 7.23. The summed E-state index contributed by atoms with van der Waals surface area (Å²) in [5.74, 6) is -0.460. The van der Waals surface area contributed by atoms with Crippen LogP contribution in [-0.4, -0.2) is 18.2 Å². The zero-order valence-corrected chi connectivity index (χ0v) is 17.1. The van der Waals surface area contributed by atoms with E-state index in [1.165, 1.54) is 18.4 Å². The van der Waals surface area contributed by atoms with Gasteiger partial charge >= 0.3 is 5.97 Å². The molecule has 0 saturated heterocycles. The van der Waals surface area contributed by atoms with Gasteiger partial charge < -0.3 is 15.4 Å².